The van der Waals surface area contributed by atoms with E-state index in [1.54, 1.807) is 13.2 Å². The second-order valence-corrected chi connectivity index (χ2v) is 3.12. The first-order valence-corrected chi connectivity index (χ1v) is 4.94. The van der Waals surface area contributed by atoms with Crippen LogP contribution in [0.4, 0.5) is 11.4 Å². The summed E-state index contributed by atoms with van der Waals surface area (Å²) in [5.41, 5.74) is 12.1. The third-order valence-electron chi connectivity index (χ3n) is 1.80. The van der Waals surface area contributed by atoms with Crippen molar-refractivity contribution in [3.8, 4) is 5.88 Å². The molecule has 6 nitrogen and oxygen atoms in total. The largest absolute Gasteiger partial charge is 0.474 e. The van der Waals surface area contributed by atoms with E-state index in [4.69, 9.17) is 25.7 Å². The highest BCUT2D eigenvalue weighted by atomic mass is 16.5. The van der Waals surface area contributed by atoms with Crippen LogP contribution in [0.5, 0.6) is 5.88 Å². The summed E-state index contributed by atoms with van der Waals surface area (Å²) in [5.74, 6) is 0.379. The van der Waals surface area contributed by atoms with Crippen LogP contribution < -0.4 is 16.2 Å². The number of ether oxygens (including phenoxy) is 3. The van der Waals surface area contributed by atoms with E-state index < -0.39 is 0 Å². The van der Waals surface area contributed by atoms with E-state index in [-0.39, 0.29) is 0 Å². The Bertz CT molecular complexity index is 320. The van der Waals surface area contributed by atoms with Gasteiger partial charge in [-0.2, -0.15) is 0 Å². The summed E-state index contributed by atoms with van der Waals surface area (Å²) in [6.45, 7) is 1.98. The van der Waals surface area contributed by atoms with Crippen LogP contribution in [0.25, 0.3) is 0 Å². The molecule has 0 radical (unpaired) electrons. The van der Waals surface area contributed by atoms with Crippen LogP contribution in [-0.2, 0) is 9.47 Å². The molecule has 0 fully saturated rings. The smallest absolute Gasteiger partial charge is 0.237 e. The van der Waals surface area contributed by atoms with Crippen molar-refractivity contribution in [2.75, 3.05) is 45.0 Å². The molecule has 1 aromatic heterocycles. The van der Waals surface area contributed by atoms with Gasteiger partial charge in [0.1, 0.15) is 6.61 Å². The van der Waals surface area contributed by atoms with E-state index in [2.05, 4.69) is 4.98 Å². The van der Waals surface area contributed by atoms with Gasteiger partial charge in [0.25, 0.3) is 0 Å². The Kier molecular flexibility index (Phi) is 5.38. The van der Waals surface area contributed by atoms with Gasteiger partial charge in [-0.25, -0.2) is 4.98 Å². The quantitative estimate of drug-likeness (QED) is 0.650. The Labute approximate surface area is 94.5 Å². The lowest BCUT2D eigenvalue weighted by molar-refractivity contribution is 0.0538. The second kappa shape index (κ2) is 6.86. The number of nitrogens with two attached hydrogens (primary N) is 2. The number of anilines is 2. The summed E-state index contributed by atoms with van der Waals surface area (Å²) in [7, 11) is 1.62. The van der Waals surface area contributed by atoms with Crippen molar-refractivity contribution in [2.45, 2.75) is 0 Å². The van der Waals surface area contributed by atoms with E-state index in [9.17, 15) is 0 Å². The van der Waals surface area contributed by atoms with Crippen molar-refractivity contribution >= 4 is 11.4 Å². The molecule has 0 unspecified atom stereocenters. The first-order chi connectivity index (χ1) is 7.74. The molecule has 0 aliphatic rings. The molecule has 0 atom stereocenters. The SMILES string of the molecule is COCCOCCOc1ncc(N)cc1N. The van der Waals surface area contributed by atoms with Gasteiger partial charge in [-0.3, -0.25) is 0 Å². The minimum absolute atomic E-state index is 0.379. The molecule has 0 saturated carbocycles. The Balaban J connectivity index is 2.21. The molecule has 16 heavy (non-hydrogen) atoms. The molecule has 1 heterocycles. The average molecular weight is 227 g/mol. The fourth-order valence-electron chi connectivity index (χ4n) is 1.05. The maximum absolute atomic E-state index is 5.66. The van der Waals surface area contributed by atoms with Crippen LogP contribution in [0.15, 0.2) is 12.3 Å². The third-order valence-corrected chi connectivity index (χ3v) is 1.80. The molecule has 4 N–H and O–H groups in total. The monoisotopic (exact) mass is 227 g/mol. The van der Waals surface area contributed by atoms with Crippen LogP contribution in [0, 0.1) is 0 Å². The Hall–Kier alpha value is -1.53. The topological polar surface area (TPSA) is 92.6 Å². The van der Waals surface area contributed by atoms with Gasteiger partial charge in [0.05, 0.1) is 37.4 Å². The first kappa shape index (κ1) is 12.5. The number of nitrogen functional groups attached to an aromatic ring is 2. The number of pyridine rings is 1. The van der Waals surface area contributed by atoms with Crippen molar-refractivity contribution in [2.24, 2.45) is 0 Å². The standard InChI is InChI=1S/C10H17N3O3/c1-14-2-3-15-4-5-16-10-9(12)6-8(11)7-13-10/h6-7H,2-5,11-12H2,1H3. The highest BCUT2D eigenvalue weighted by Gasteiger charge is 2.01. The minimum atomic E-state index is 0.379. The fraction of sp³-hybridized carbons (Fsp3) is 0.500. The van der Waals surface area contributed by atoms with Crippen molar-refractivity contribution in [3.05, 3.63) is 12.3 Å². The highest BCUT2D eigenvalue weighted by Crippen LogP contribution is 2.19. The number of rotatable bonds is 7. The van der Waals surface area contributed by atoms with Gasteiger partial charge >= 0.3 is 0 Å². The summed E-state index contributed by atoms with van der Waals surface area (Å²) in [6.07, 6.45) is 1.50. The lowest BCUT2D eigenvalue weighted by atomic mass is 10.4. The van der Waals surface area contributed by atoms with E-state index in [1.807, 2.05) is 0 Å². The minimum Gasteiger partial charge on any atom is -0.474 e. The molecule has 90 valence electrons. The van der Waals surface area contributed by atoms with Crippen LogP contribution in [0.3, 0.4) is 0 Å². The molecule has 0 aromatic carbocycles. The predicted molar refractivity (Wildman–Crippen MR) is 61.3 cm³/mol. The molecule has 0 saturated heterocycles. The maximum Gasteiger partial charge on any atom is 0.237 e. The number of hydrogen-bond donors (Lipinski definition) is 2. The predicted octanol–water partition coefficient (Wildman–Crippen LogP) is 0.288. The van der Waals surface area contributed by atoms with Gasteiger partial charge < -0.3 is 25.7 Å². The van der Waals surface area contributed by atoms with Gasteiger partial charge in [0, 0.05) is 7.11 Å². The highest BCUT2D eigenvalue weighted by molar-refractivity contribution is 5.55. The van der Waals surface area contributed by atoms with Crippen molar-refractivity contribution in [1.29, 1.82) is 0 Å². The molecule has 0 bridgehead atoms. The lowest BCUT2D eigenvalue weighted by Gasteiger charge is -2.08. The first-order valence-electron chi connectivity index (χ1n) is 4.94. The summed E-state index contributed by atoms with van der Waals surface area (Å²) in [5, 5.41) is 0. The van der Waals surface area contributed by atoms with Crippen molar-refractivity contribution in [3.63, 3.8) is 0 Å². The maximum atomic E-state index is 5.66. The van der Waals surface area contributed by atoms with E-state index in [0.717, 1.165) is 0 Å². The molecule has 6 heteroatoms. The zero-order valence-corrected chi connectivity index (χ0v) is 9.31. The second-order valence-electron chi connectivity index (χ2n) is 3.12. The Morgan fingerprint density at radius 1 is 1.19 bits per heavy atom. The number of methoxy groups -OCH3 is 1. The average Bonchev–Trinajstić information content (AvgIpc) is 2.26. The van der Waals surface area contributed by atoms with Crippen LogP contribution in [0.2, 0.25) is 0 Å². The zero-order valence-electron chi connectivity index (χ0n) is 9.31. The molecular weight excluding hydrogens is 210 g/mol. The van der Waals surface area contributed by atoms with Gasteiger partial charge in [0.2, 0.25) is 5.88 Å². The fourth-order valence-corrected chi connectivity index (χ4v) is 1.05. The van der Waals surface area contributed by atoms with Gasteiger partial charge in [-0.05, 0) is 6.07 Å². The Morgan fingerprint density at radius 3 is 2.62 bits per heavy atom. The molecule has 0 amide bonds. The molecular formula is C10H17N3O3. The number of aromatic nitrogens is 1. The summed E-state index contributed by atoms with van der Waals surface area (Å²) in [6, 6.07) is 1.61. The van der Waals surface area contributed by atoms with E-state index in [0.29, 0.717) is 43.7 Å². The Morgan fingerprint density at radius 2 is 1.94 bits per heavy atom. The van der Waals surface area contributed by atoms with Gasteiger partial charge in [-0.15, -0.1) is 0 Å². The normalized spacial score (nSPS) is 10.3. The summed E-state index contributed by atoms with van der Waals surface area (Å²) < 4.78 is 15.4. The van der Waals surface area contributed by atoms with Crippen LogP contribution in [-0.4, -0.2) is 38.5 Å². The summed E-state index contributed by atoms with van der Waals surface area (Å²) >= 11 is 0. The van der Waals surface area contributed by atoms with Crippen molar-refractivity contribution in [1.82, 2.24) is 4.98 Å². The van der Waals surface area contributed by atoms with Crippen molar-refractivity contribution < 1.29 is 14.2 Å². The van der Waals surface area contributed by atoms with E-state index >= 15 is 0 Å². The molecule has 0 spiro atoms. The van der Waals surface area contributed by atoms with Crippen LogP contribution >= 0.6 is 0 Å². The number of nitrogens with zero attached hydrogens (tertiary/aromatic N) is 1. The van der Waals surface area contributed by atoms with Crippen LogP contribution in [0.1, 0.15) is 0 Å². The molecule has 0 aliphatic heterocycles. The van der Waals surface area contributed by atoms with Gasteiger partial charge in [0.15, 0.2) is 0 Å². The molecule has 1 rings (SSSR count). The van der Waals surface area contributed by atoms with Gasteiger partial charge in [-0.1, -0.05) is 0 Å². The lowest BCUT2D eigenvalue weighted by Crippen LogP contribution is -2.11. The molecule has 0 aliphatic carbocycles. The number of hydrogen-bond acceptors (Lipinski definition) is 6. The van der Waals surface area contributed by atoms with E-state index in [1.165, 1.54) is 6.20 Å². The summed E-state index contributed by atoms with van der Waals surface area (Å²) in [4.78, 5) is 3.96. The third kappa shape index (κ3) is 4.33. The molecule has 1 aromatic rings. The zero-order chi connectivity index (χ0) is 11.8.